The van der Waals surface area contributed by atoms with Crippen LogP contribution in [-0.2, 0) is 12.8 Å². The molecule has 128 valence electrons. The van der Waals surface area contributed by atoms with Crippen molar-refractivity contribution in [2.75, 3.05) is 19.5 Å². The van der Waals surface area contributed by atoms with Crippen molar-refractivity contribution in [3.05, 3.63) is 38.5 Å². The number of fused-ring (bicyclic) bond motifs is 1. The molecular formula is C18H20ClNO3S. The Hall–Kier alpha value is -1.72. The maximum Gasteiger partial charge on any atom is 0.265 e. The molecule has 4 nitrogen and oxygen atoms in total. The smallest absolute Gasteiger partial charge is 0.265 e. The Bertz CT molecular complexity index is 772. The van der Waals surface area contributed by atoms with Gasteiger partial charge in [-0.05, 0) is 36.8 Å². The monoisotopic (exact) mass is 365 g/mol. The van der Waals surface area contributed by atoms with Crippen molar-refractivity contribution < 1.29 is 14.3 Å². The molecule has 0 radical (unpaired) electrons. The molecule has 0 fully saturated rings. The van der Waals surface area contributed by atoms with E-state index in [2.05, 4.69) is 12.2 Å². The van der Waals surface area contributed by atoms with Crippen LogP contribution in [-0.4, -0.2) is 20.1 Å². The molecule has 1 aliphatic carbocycles. The molecular weight excluding hydrogens is 346 g/mol. The number of nitrogens with one attached hydrogen (secondary N) is 1. The van der Waals surface area contributed by atoms with E-state index in [9.17, 15) is 4.79 Å². The van der Waals surface area contributed by atoms with Crippen molar-refractivity contribution in [3.63, 3.8) is 0 Å². The van der Waals surface area contributed by atoms with E-state index in [4.69, 9.17) is 21.1 Å². The van der Waals surface area contributed by atoms with Crippen molar-refractivity contribution in [2.45, 2.75) is 26.2 Å². The van der Waals surface area contributed by atoms with Gasteiger partial charge in [-0.2, -0.15) is 0 Å². The predicted octanol–water partition coefficient (Wildman–Crippen LogP) is 4.80. The molecule has 0 aliphatic heterocycles. The van der Waals surface area contributed by atoms with Crippen LogP contribution in [0.25, 0.3) is 0 Å². The van der Waals surface area contributed by atoms with Crippen molar-refractivity contribution in [3.8, 4) is 11.5 Å². The SMILES string of the molecule is COc1cc(NC(=O)c2cc3c(s2)CC[C@H](C)C3)c(OC)cc1Cl. The number of halogens is 1. The first-order chi connectivity index (χ1) is 11.5. The topological polar surface area (TPSA) is 47.6 Å². The van der Waals surface area contributed by atoms with E-state index in [1.54, 1.807) is 30.6 Å². The summed E-state index contributed by atoms with van der Waals surface area (Å²) in [7, 11) is 3.08. The van der Waals surface area contributed by atoms with Crippen LogP contribution in [0.1, 0.15) is 33.5 Å². The molecule has 0 unspecified atom stereocenters. The van der Waals surface area contributed by atoms with Gasteiger partial charge < -0.3 is 14.8 Å². The van der Waals surface area contributed by atoms with E-state index in [-0.39, 0.29) is 5.91 Å². The zero-order valence-electron chi connectivity index (χ0n) is 13.9. The molecule has 2 aromatic rings. The third kappa shape index (κ3) is 3.37. The number of anilines is 1. The number of aryl methyl sites for hydroxylation is 1. The highest BCUT2D eigenvalue weighted by Gasteiger charge is 2.21. The van der Waals surface area contributed by atoms with E-state index >= 15 is 0 Å². The number of benzene rings is 1. The maximum atomic E-state index is 12.6. The van der Waals surface area contributed by atoms with E-state index in [0.717, 1.165) is 17.7 Å². The fraction of sp³-hybridized carbons (Fsp3) is 0.389. The minimum absolute atomic E-state index is 0.135. The first kappa shape index (κ1) is 17.1. The average Bonchev–Trinajstić information content (AvgIpc) is 2.99. The molecule has 1 aromatic heterocycles. The van der Waals surface area contributed by atoms with Gasteiger partial charge in [0.15, 0.2) is 0 Å². The molecule has 1 aromatic carbocycles. The highest BCUT2D eigenvalue weighted by molar-refractivity contribution is 7.14. The summed E-state index contributed by atoms with van der Waals surface area (Å²) in [5.41, 5.74) is 1.85. The zero-order valence-corrected chi connectivity index (χ0v) is 15.5. The lowest BCUT2D eigenvalue weighted by molar-refractivity contribution is 0.103. The average molecular weight is 366 g/mol. The minimum Gasteiger partial charge on any atom is -0.495 e. The fourth-order valence-electron chi connectivity index (χ4n) is 2.96. The van der Waals surface area contributed by atoms with E-state index in [1.165, 1.54) is 24.0 Å². The summed E-state index contributed by atoms with van der Waals surface area (Å²) >= 11 is 7.68. The second kappa shape index (κ2) is 7.03. The highest BCUT2D eigenvalue weighted by atomic mass is 35.5. The third-order valence-corrected chi connectivity index (χ3v) is 5.81. The molecule has 1 amide bonds. The number of methoxy groups -OCH3 is 2. The number of amides is 1. The lowest BCUT2D eigenvalue weighted by Crippen LogP contribution is -2.11. The summed E-state index contributed by atoms with van der Waals surface area (Å²) in [4.78, 5) is 14.7. The van der Waals surface area contributed by atoms with Gasteiger partial charge in [0.05, 0.1) is 29.8 Å². The first-order valence-electron chi connectivity index (χ1n) is 7.86. The summed E-state index contributed by atoms with van der Waals surface area (Å²) in [6, 6.07) is 5.33. The van der Waals surface area contributed by atoms with Gasteiger partial charge in [-0.15, -0.1) is 11.3 Å². The van der Waals surface area contributed by atoms with Crippen LogP contribution in [0.4, 0.5) is 5.69 Å². The van der Waals surface area contributed by atoms with Gasteiger partial charge in [-0.1, -0.05) is 18.5 Å². The Labute approximate surface area is 150 Å². The van der Waals surface area contributed by atoms with Crippen LogP contribution in [0.3, 0.4) is 0 Å². The number of carbonyl (C=O) groups is 1. The molecule has 1 heterocycles. The Morgan fingerprint density at radius 2 is 2.00 bits per heavy atom. The van der Waals surface area contributed by atoms with Crippen LogP contribution in [0.2, 0.25) is 5.02 Å². The van der Waals surface area contributed by atoms with Crippen LogP contribution in [0, 0.1) is 5.92 Å². The minimum atomic E-state index is -0.135. The normalized spacial score (nSPS) is 16.4. The van der Waals surface area contributed by atoms with E-state index in [1.807, 2.05) is 6.07 Å². The predicted molar refractivity (Wildman–Crippen MR) is 98.0 cm³/mol. The number of hydrogen-bond acceptors (Lipinski definition) is 4. The highest BCUT2D eigenvalue weighted by Crippen LogP contribution is 2.37. The molecule has 24 heavy (non-hydrogen) atoms. The van der Waals surface area contributed by atoms with E-state index < -0.39 is 0 Å². The number of thiophene rings is 1. The maximum absolute atomic E-state index is 12.6. The summed E-state index contributed by atoms with van der Waals surface area (Å²) in [6.07, 6.45) is 3.31. The standard InChI is InChI=1S/C18H20ClNO3S/c1-10-4-5-16-11(6-10)7-17(24-16)18(21)20-13-9-14(22-2)12(19)8-15(13)23-3/h7-10H,4-6H2,1-3H3,(H,20,21)/t10-/m0/s1. The van der Waals surface area contributed by atoms with Crippen molar-refractivity contribution in [2.24, 2.45) is 5.92 Å². The molecule has 1 atom stereocenters. The van der Waals surface area contributed by atoms with Gasteiger partial charge in [0.25, 0.3) is 5.91 Å². The molecule has 0 bridgehead atoms. The molecule has 0 saturated heterocycles. The van der Waals surface area contributed by atoms with Crippen LogP contribution < -0.4 is 14.8 Å². The summed E-state index contributed by atoms with van der Waals surface area (Å²) < 4.78 is 10.5. The second-order valence-electron chi connectivity index (χ2n) is 6.05. The summed E-state index contributed by atoms with van der Waals surface area (Å²) in [5, 5.41) is 3.35. The number of hydrogen-bond donors (Lipinski definition) is 1. The third-order valence-electron chi connectivity index (χ3n) is 4.28. The molecule has 3 rings (SSSR count). The fourth-order valence-corrected chi connectivity index (χ4v) is 4.29. The number of ether oxygens (including phenoxy) is 2. The number of rotatable bonds is 4. The van der Waals surface area contributed by atoms with Crippen LogP contribution in [0.5, 0.6) is 11.5 Å². The van der Waals surface area contributed by atoms with Crippen LogP contribution >= 0.6 is 22.9 Å². The quantitative estimate of drug-likeness (QED) is 0.846. The van der Waals surface area contributed by atoms with Crippen molar-refractivity contribution >= 4 is 34.5 Å². The molecule has 0 spiro atoms. The Morgan fingerprint density at radius 3 is 2.71 bits per heavy atom. The molecule has 0 saturated carbocycles. The molecule has 1 N–H and O–H groups in total. The van der Waals surface area contributed by atoms with Gasteiger partial charge in [0.1, 0.15) is 11.5 Å². The van der Waals surface area contributed by atoms with Gasteiger partial charge in [0.2, 0.25) is 0 Å². The second-order valence-corrected chi connectivity index (χ2v) is 7.59. The van der Waals surface area contributed by atoms with Gasteiger partial charge in [-0.25, -0.2) is 0 Å². The lowest BCUT2D eigenvalue weighted by Gasteiger charge is -2.16. The summed E-state index contributed by atoms with van der Waals surface area (Å²) in [5.74, 6) is 1.55. The first-order valence-corrected chi connectivity index (χ1v) is 9.05. The van der Waals surface area contributed by atoms with Gasteiger partial charge in [0, 0.05) is 17.0 Å². The van der Waals surface area contributed by atoms with Gasteiger partial charge >= 0.3 is 0 Å². The van der Waals surface area contributed by atoms with E-state index in [0.29, 0.717) is 28.1 Å². The van der Waals surface area contributed by atoms with Gasteiger partial charge in [-0.3, -0.25) is 4.79 Å². The Balaban J connectivity index is 1.85. The number of carbonyl (C=O) groups excluding carboxylic acids is 1. The molecule has 1 aliphatic rings. The van der Waals surface area contributed by atoms with Crippen molar-refractivity contribution in [1.82, 2.24) is 0 Å². The Morgan fingerprint density at radius 1 is 1.25 bits per heavy atom. The van der Waals surface area contributed by atoms with Crippen LogP contribution in [0.15, 0.2) is 18.2 Å². The largest absolute Gasteiger partial charge is 0.495 e. The molecule has 6 heteroatoms. The summed E-state index contributed by atoms with van der Waals surface area (Å²) in [6.45, 7) is 2.26. The zero-order chi connectivity index (χ0) is 17.3. The van der Waals surface area contributed by atoms with Crippen molar-refractivity contribution in [1.29, 1.82) is 0 Å². The lowest BCUT2D eigenvalue weighted by atomic mass is 9.90. The Kier molecular flexibility index (Phi) is 5.01.